The highest BCUT2D eigenvalue weighted by molar-refractivity contribution is 9.10. The van der Waals surface area contributed by atoms with Crippen LogP contribution in [0.3, 0.4) is 0 Å². The highest BCUT2D eigenvalue weighted by Gasteiger charge is 2.16. The van der Waals surface area contributed by atoms with Gasteiger partial charge in [-0.15, -0.1) is 0 Å². The van der Waals surface area contributed by atoms with Gasteiger partial charge in [0, 0.05) is 25.5 Å². The molecular formula is C11H17BrN2O2. The van der Waals surface area contributed by atoms with Crippen LogP contribution < -0.4 is 11.3 Å². The molecular weight excluding hydrogens is 272 g/mol. The van der Waals surface area contributed by atoms with Gasteiger partial charge < -0.3 is 15.0 Å². The van der Waals surface area contributed by atoms with E-state index in [4.69, 9.17) is 10.5 Å². The maximum atomic E-state index is 11.7. The van der Waals surface area contributed by atoms with Crippen molar-refractivity contribution in [1.82, 2.24) is 4.57 Å². The molecule has 0 radical (unpaired) electrons. The summed E-state index contributed by atoms with van der Waals surface area (Å²) in [7, 11) is 1.66. The van der Waals surface area contributed by atoms with Crippen molar-refractivity contribution in [3.63, 3.8) is 0 Å². The Morgan fingerprint density at radius 2 is 2.19 bits per heavy atom. The highest BCUT2D eigenvalue weighted by Crippen LogP contribution is 2.15. The predicted octanol–water partition coefficient (Wildman–Crippen LogP) is 2.01. The number of nitrogen functional groups attached to an aromatic ring is 1. The van der Waals surface area contributed by atoms with E-state index in [0.717, 1.165) is 6.42 Å². The molecule has 5 heteroatoms. The fraction of sp³-hybridized carbons (Fsp3) is 0.545. The van der Waals surface area contributed by atoms with Crippen LogP contribution in [0.2, 0.25) is 0 Å². The standard InChI is InChI=1S/C11H17BrN2O2/c1-11(2,16-3)4-5-14-7-8(13)6-9(12)10(14)15/h6-7H,4-5,13H2,1-3H3. The Morgan fingerprint density at radius 1 is 1.56 bits per heavy atom. The Bertz CT molecular complexity index is 426. The Kier molecular flexibility index (Phi) is 4.15. The molecule has 0 atom stereocenters. The first kappa shape index (κ1) is 13.3. The zero-order chi connectivity index (χ0) is 12.3. The van der Waals surface area contributed by atoms with Crippen molar-refractivity contribution in [2.24, 2.45) is 0 Å². The molecule has 1 aromatic rings. The van der Waals surface area contributed by atoms with Crippen molar-refractivity contribution in [3.8, 4) is 0 Å². The molecule has 0 aliphatic heterocycles. The SMILES string of the molecule is COC(C)(C)CCn1cc(N)cc(Br)c1=O. The molecule has 16 heavy (non-hydrogen) atoms. The monoisotopic (exact) mass is 288 g/mol. The molecule has 0 spiro atoms. The first-order chi connectivity index (χ1) is 7.35. The van der Waals surface area contributed by atoms with E-state index in [1.54, 1.807) is 23.9 Å². The molecule has 1 aromatic heterocycles. The Balaban J connectivity index is 2.86. The van der Waals surface area contributed by atoms with E-state index in [1.165, 1.54) is 0 Å². The summed E-state index contributed by atoms with van der Waals surface area (Å²) in [5, 5.41) is 0. The van der Waals surface area contributed by atoms with E-state index < -0.39 is 0 Å². The lowest BCUT2D eigenvalue weighted by atomic mass is 10.1. The first-order valence-electron chi connectivity index (χ1n) is 5.06. The normalized spacial score (nSPS) is 11.8. The van der Waals surface area contributed by atoms with Gasteiger partial charge in [0.15, 0.2) is 0 Å². The molecule has 0 unspecified atom stereocenters. The second-order valence-corrected chi connectivity index (χ2v) is 5.19. The lowest BCUT2D eigenvalue weighted by Crippen LogP contribution is -2.28. The van der Waals surface area contributed by atoms with E-state index in [2.05, 4.69) is 15.9 Å². The third-order valence-electron chi connectivity index (χ3n) is 2.57. The molecule has 0 amide bonds. The minimum atomic E-state index is -0.240. The van der Waals surface area contributed by atoms with Crippen LogP contribution in [0.1, 0.15) is 20.3 Å². The van der Waals surface area contributed by atoms with Crippen LogP contribution in [-0.2, 0) is 11.3 Å². The van der Waals surface area contributed by atoms with Gasteiger partial charge in [-0.05, 0) is 42.3 Å². The number of hydrogen-bond acceptors (Lipinski definition) is 3. The van der Waals surface area contributed by atoms with E-state index in [9.17, 15) is 4.79 Å². The minimum absolute atomic E-state index is 0.0684. The van der Waals surface area contributed by atoms with Crippen molar-refractivity contribution >= 4 is 21.6 Å². The van der Waals surface area contributed by atoms with Gasteiger partial charge in [-0.1, -0.05) is 0 Å². The summed E-state index contributed by atoms with van der Waals surface area (Å²) in [6, 6.07) is 1.61. The number of aromatic nitrogens is 1. The van der Waals surface area contributed by atoms with E-state index in [0.29, 0.717) is 16.7 Å². The van der Waals surface area contributed by atoms with Gasteiger partial charge in [-0.25, -0.2) is 0 Å². The third-order valence-corrected chi connectivity index (χ3v) is 3.14. The molecule has 4 nitrogen and oxygen atoms in total. The van der Waals surface area contributed by atoms with Crippen molar-refractivity contribution in [1.29, 1.82) is 0 Å². The Labute approximate surface area is 104 Å². The summed E-state index contributed by atoms with van der Waals surface area (Å²) in [6.45, 7) is 4.56. The van der Waals surface area contributed by atoms with Crippen molar-refractivity contribution in [2.75, 3.05) is 12.8 Å². The summed E-state index contributed by atoms with van der Waals surface area (Å²) < 4.78 is 7.39. The summed E-state index contributed by atoms with van der Waals surface area (Å²) in [5.41, 5.74) is 5.94. The Hall–Kier alpha value is -0.810. The third kappa shape index (κ3) is 3.35. The zero-order valence-electron chi connectivity index (χ0n) is 9.79. The van der Waals surface area contributed by atoms with E-state index >= 15 is 0 Å². The van der Waals surface area contributed by atoms with E-state index in [1.807, 2.05) is 13.8 Å². The fourth-order valence-electron chi connectivity index (χ4n) is 1.28. The number of nitrogens with zero attached hydrogens (tertiary/aromatic N) is 1. The number of hydrogen-bond donors (Lipinski definition) is 1. The van der Waals surface area contributed by atoms with Gasteiger partial charge in [-0.3, -0.25) is 4.79 Å². The number of halogens is 1. The molecule has 90 valence electrons. The van der Waals surface area contributed by atoms with E-state index in [-0.39, 0.29) is 11.2 Å². The number of aryl methyl sites for hydroxylation is 1. The maximum absolute atomic E-state index is 11.7. The summed E-state index contributed by atoms with van der Waals surface area (Å²) >= 11 is 3.19. The average molecular weight is 289 g/mol. The second-order valence-electron chi connectivity index (χ2n) is 4.33. The lowest BCUT2D eigenvalue weighted by molar-refractivity contribution is 0.0118. The van der Waals surface area contributed by atoms with Crippen LogP contribution in [0.5, 0.6) is 0 Å². The highest BCUT2D eigenvalue weighted by atomic mass is 79.9. The number of methoxy groups -OCH3 is 1. The molecule has 0 bridgehead atoms. The minimum Gasteiger partial charge on any atom is -0.398 e. The van der Waals surface area contributed by atoms with Crippen LogP contribution in [0, 0.1) is 0 Å². The van der Waals surface area contributed by atoms with Crippen molar-refractivity contribution < 1.29 is 4.74 Å². The summed E-state index contributed by atoms with van der Waals surface area (Å²) in [5.74, 6) is 0. The van der Waals surface area contributed by atoms with Gasteiger partial charge in [0.1, 0.15) is 0 Å². The van der Waals surface area contributed by atoms with Gasteiger partial charge in [0.2, 0.25) is 0 Å². The smallest absolute Gasteiger partial charge is 0.264 e. The van der Waals surface area contributed by atoms with Crippen molar-refractivity contribution in [3.05, 3.63) is 27.1 Å². The molecule has 1 rings (SSSR count). The van der Waals surface area contributed by atoms with Gasteiger partial charge >= 0.3 is 0 Å². The summed E-state index contributed by atoms with van der Waals surface area (Å²) in [6.07, 6.45) is 2.40. The predicted molar refractivity (Wildman–Crippen MR) is 68.5 cm³/mol. The zero-order valence-corrected chi connectivity index (χ0v) is 11.4. The molecule has 0 aromatic carbocycles. The van der Waals surface area contributed by atoms with Gasteiger partial charge in [0.05, 0.1) is 10.1 Å². The largest absolute Gasteiger partial charge is 0.398 e. The fourth-order valence-corrected chi connectivity index (χ4v) is 1.77. The topological polar surface area (TPSA) is 57.2 Å². The number of ether oxygens (including phenoxy) is 1. The van der Waals surface area contributed by atoms with Gasteiger partial charge in [0.25, 0.3) is 5.56 Å². The number of nitrogens with two attached hydrogens (primary N) is 1. The molecule has 0 saturated heterocycles. The van der Waals surface area contributed by atoms with Crippen LogP contribution in [0.4, 0.5) is 5.69 Å². The average Bonchev–Trinajstić information content (AvgIpc) is 2.21. The second kappa shape index (κ2) is 5.01. The summed E-state index contributed by atoms with van der Waals surface area (Å²) in [4.78, 5) is 11.7. The van der Waals surface area contributed by atoms with Crippen LogP contribution in [0.15, 0.2) is 21.5 Å². The van der Waals surface area contributed by atoms with Crippen LogP contribution in [-0.4, -0.2) is 17.3 Å². The van der Waals surface area contributed by atoms with Crippen molar-refractivity contribution in [2.45, 2.75) is 32.4 Å². The van der Waals surface area contributed by atoms with Crippen LogP contribution >= 0.6 is 15.9 Å². The maximum Gasteiger partial charge on any atom is 0.264 e. The Morgan fingerprint density at radius 3 is 2.75 bits per heavy atom. The molecule has 2 N–H and O–H groups in total. The first-order valence-corrected chi connectivity index (χ1v) is 5.85. The molecule has 1 heterocycles. The van der Waals surface area contributed by atoms with Crippen LogP contribution in [0.25, 0.3) is 0 Å². The quantitative estimate of drug-likeness (QED) is 0.922. The van der Waals surface area contributed by atoms with Gasteiger partial charge in [-0.2, -0.15) is 0 Å². The lowest BCUT2D eigenvalue weighted by Gasteiger charge is -2.23. The number of anilines is 1. The number of rotatable bonds is 4. The molecule has 0 aliphatic rings. The molecule has 0 aliphatic carbocycles. The number of pyridine rings is 1. The molecule has 0 fully saturated rings. The molecule has 0 saturated carbocycles.